The molecule has 2 N–H and O–H groups in total. The average molecular weight is 511 g/mol. The van der Waals surface area contributed by atoms with Crippen molar-refractivity contribution in [2.45, 2.75) is 31.8 Å². The molecule has 0 aliphatic heterocycles. The number of pyridine rings is 1. The number of aryl methyl sites for hydroxylation is 1. The molecule has 1 aliphatic rings. The molecule has 8 heteroatoms. The van der Waals surface area contributed by atoms with Crippen molar-refractivity contribution in [2.75, 3.05) is 20.6 Å². The maximum Gasteiger partial charge on any atom is 0.241 e. The van der Waals surface area contributed by atoms with Gasteiger partial charge in [0.15, 0.2) is 5.96 Å². The summed E-state index contributed by atoms with van der Waals surface area (Å²) in [5, 5.41) is 6.46. The molecule has 0 saturated carbocycles. The Morgan fingerprint density at radius 1 is 1.24 bits per heavy atom. The standard InChI is InChI=1S/C21H26FN5O.HI/c1-27(2)20(28)14-25-21(24-13-19-18(22)8-5-11-23-19)26-17-10-9-15-6-3-4-7-16(15)12-17;/h3-8,11,17H,9-10,12-14H2,1-2H3,(H2,24,25,26);1H. The SMILES string of the molecule is CN(C)C(=O)CNC(=NCc1ncccc1F)NC1CCc2ccccc2C1.I. The van der Waals surface area contributed by atoms with Crippen molar-refractivity contribution in [1.82, 2.24) is 20.5 Å². The summed E-state index contributed by atoms with van der Waals surface area (Å²) in [7, 11) is 3.41. The number of hydrogen-bond donors (Lipinski definition) is 2. The van der Waals surface area contributed by atoms with Crippen LogP contribution in [0.4, 0.5) is 4.39 Å². The summed E-state index contributed by atoms with van der Waals surface area (Å²) in [5.41, 5.74) is 2.98. The molecule has 2 aromatic rings. The van der Waals surface area contributed by atoms with Crippen LogP contribution in [0.25, 0.3) is 0 Å². The van der Waals surface area contributed by atoms with Gasteiger partial charge in [-0.25, -0.2) is 9.38 Å². The van der Waals surface area contributed by atoms with Gasteiger partial charge >= 0.3 is 0 Å². The first kappa shape index (κ1) is 23.1. The van der Waals surface area contributed by atoms with Gasteiger partial charge in [-0.1, -0.05) is 24.3 Å². The molecule has 1 unspecified atom stereocenters. The Hall–Kier alpha value is -2.23. The van der Waals surface area contributed by atoms with Crippen molar-refractivity contribution in [3.8, 4) is 0 Å². The molecule has 1 heterocycles. The molecule has 0 spiro atoms. The number of aromatic nitrogens is 1. The number of rotatable bonds is 5. The van der Waals surface area contributed by atoms with E-state index in [1.165, 1.54) is 22.1 Å². The van der Waals surface area contributed by atoms with Gasteiger partial charge in [0.25, 0.3) is 0 Å². The van der Waals surface area contributed by atoms with E-state index in [2.05, 4.69) is 38.8 Å². The number of fused-ring (bicyclic) bond motifs is 1. The van der Waals surface area contributed by atoms with E-state index in [4.69, 9.17) is 0 Å². The minimum Gasteiger partial charge on any atom is -0.353 e. The Bertz CT molecular complexity index is 858. The molecule has 0 bridgehead atoms. The van der Waals surface area contributed by atoms with E-state index in [-0.39, 0.29) is 60.5 Å². The molecule has 1 aromatic heterocycles. The Morgan fingerprint density at radius 2 is 2.00 bits per heavy atom. The zero-order chi connectivity index (χ0) is 19.9. The highest BCUT2D eigenvalue weighted by Gasteiger charge is 2.19. The summed E-state index contributed by atoms with van der Waals surface area (Å²) in [6.07, 6.45) is 4.39. The van der Waals surface area contributed by atoms with Crippen molar-refractivity contribution >= 4 is 35.8 Å². The van der Waals surface area contributed by atoms with E-state index in [1.807, 2.05) is 6.07 Å². The molecular weight excluding hydrogens is 484 g/mol. The second-order valence-electron chi connectivity index (χ2n) is 7.09. The molecule has 3 rings (SSSR count). The maximum absolute atomic E-state index is 13.9. The number of hydrogen-bond acceptors (Lipinski definition) is 3. The molecule has 6 nitrogen and oxygen atoms in total. The fourth-order valence-electron chi connectivity index (χ4n) is 3.17. The number of benzene rings is 1. The zero-order valence-corrected chi connectivity index (χ0v) is 19.0. The molecule has 29 heavy (non-hydrogen) atoms. The number of amides is 1. The van der Waals surface area contributed by atoms with Gasteiger partial charge in [-0.15, -0.1) is 24.0 Å². The third-order valence-electron chi connectivity index (χ3n) is 4.82. The van der Waals surface area contributed by atoms with Crippen LogP contribution in [0.3, 0.4) is 0 Å². The fourth-order valence-corrected chi connectivity index (χ4v) is 3.17. The summed E-state index contributed by atoms with van der Waals surface area (Å²) in [6.45, 7) is 0.217. The molecule has 0 fully saturated rings. The van der Waals surface area contributed by atoms with Gasteiger partial charge in [-0.05, 0) is 42.5 Å². The normalized spacial score (nSPS) is 15.7. The Labute approximate surface area is 188 Å². The lowest BCUT2D eigenvalue weighted by molar-refractivity contribution is -0.127. The van der Waals surface area contributed by atoms with Gasteiger partial charge in [-0.3, -0.25) is 9.78 Å². The van der Waals surface area contributed by atoms with E-state index in [0.717, 1.165) is 19.3 Å². The van der Waals surface area contributed by atoms with Crippen molar-refractivity contribution in [3.63, 3.8) is 0 Å². The summed E-state index contributed by atoms with van der Waals surface area (Å²) < 4.78 is 13.9. The van der Waals surface area contributed by atoms with E-state index < -0.39 is 0 Å². The van der Waals surface area contributed by atoms with Gasteiger partial charge < -0.3 is 15.5 Å². The number of carbonyl (C=O) groups excluding carboxylic acids is 1. The fraction of sp³-hybridized carbons (Fsp3) is 0.381. The summed E-state index contributed by atoms with van der Waals surface area (Å²) >= 11 is 0. The lowest BCUT2D eigenvalue weighted by Gasteiger charge is -2.27. The van der Waals surface area contributed by atoms with Gasteiger partial charge in [0, 0.05) is 26.3 Å². The molecule has 1 aromatic carbocycles. The second kappa shape index (κ2) is 11.1. The van der Waals surface area contributed by atoms with Crippen LogP contribution in [0, 0.1) is 5.82 Å². The summed E-state index contributed by atoms with van der Waals surface area (Å²) in [4.78, 5) is 21.9. The van der Waals surface area contributed by atoms with Crippen LogP contribution >= 0.6 is 24.0 Å². The highest BCUT2D eigenvalue weighted by molar-refractivity contribution is 14.0. The lowest BCUT2D eigenvalue weighted by atomic mass is 9.88. The molecular formula is C21H27FIN5O. The van der Waals surface area contributed by atoms with E-state index >= 15 is 0 Å². The molecule has 156 valence electrons. The minimum atomic E-state index is -0.387. The van der Waals surface area contributed by atoms with Crippen molar-refractivity contribution in [3.05, 3.63) is 65.2 Å². The highest BCUT2D eigenvalue weighted by atomic mass is 127. The first-order chi connectivity index (χ1) is 13.5. The molecule has 1 amide bonds. The molecule has 1 atom stereocenters. The Morgan fingerprint density at radius 3 is 2.72 bits per heavy atom. The number of halogens is 2. The van der Waals surface area contributed by atoms with Crippen LogP contribution in [0.5, 0.6) is 0 Å². The van der Waals surface area contributed by atoms with Crippen LogP contribution in [-0.4, -0.2) is 48.4 Å². The van der Waals surface area contributed by atoms with Crippen LogP contribution < -0.4 is 10.6 Å². The number of likely N-dealkylation sites (N-methyl/N-ethyl adjacent to an activating group) is 1. The van der Waals surface area contributed by atoms with Gasteiger partial charge in [0.1, 0.15) is 5.82 Å². The number of nitrogens with one attached hydrogen (secondary N) is 2. The van der Waals surface area contributed by atoms with Gasteiger partial charge in [-0.2, -0.15) is 0 Å². The quantitative estimate of drug-likeness (QED) is 0.368. The van der Waals surface area contributed by atoms with Crippen LogP contribution in [0.1, 0.15) is 23.2 Å². The topological polar surface area (TPSA) is 69.6 Å². The first-order valence-electron chi connectivity index (χ1n) is 9.44. The minimum absolute atomic E-state index is 0. The largest absolute Gasteiger partial charge is 0.353 e. The summed E-state index contributed by atoms with van der Waals surface area (Å²) in [5.74, 6) is 0.0405. The van der Waals surface area contributed by atoms with Crippen molar-refractivity contribution < 1.29 is 9.18 Å². The van der Waals surface area contributed by atoms with E-state index in [1.54, 1.807) is 26.4 Å². The molecule has 0 saturated heterocycles. The van der Waals surface area contributed by atoms with Crippen molar-refractivity contribution in [1.29, 1.82) is 0 Å². The third kappa shape index (κ3) is 6.66. The molecule has 0 radical (unpaired) electrons. The smallest absolute Gasteiger partial charge is 0.241 e. The molecule has 1 aliphatic carbocycles. The second-order valence-corrected chi connectivity index (χ2v) is 7.09. The van der Waals surface area contributed by atoms with Crippen LogP contribution in [0.15, 0.2) is 47.6 Å². The maximum atomic E-state index is 13.9. The number of aliphatic imine (C=N–C) groups is 1. The number of guanidine groups is 1. The van der Waals surface area contributed by atoms with Gasteiger partial charge in [0.05, 0.1) is 18.8 Å². The number of carbonyl (C=O) groups is 1. The first-order valence-corrected chi connectivity index (χ1v) is 9.44. The summed E-state index contributed by atoms with van der Waals surface area (Å²) in [6, 6.07) is 11.5. The van der Waals surface area contributed by atoms with Crippen LogP contribution in [0.2, 0.25) is 0 Å². The van der Waals surface area contributed by atoms with E-state index in [0.29, 0.717) is 5.96 Å². The Balaban J connectivity index is 0.00000300. The van der Waals surface area contributed by atoms with Crippen LogP contribution in [-0.2, 0) is 24.2 Å². The van der Waals surface area contributed by atoms with Crippen molar-refractivity contribution in [2.24, 2.45) is 4.99 Å². The predicted octanol–water partition coefficient (Wildman–Crippen LogP) is 2.52. The van der Waals surface area contributed by atoms with Gasteiger partial charge in [0.2, 0.25) is 5.91 Å². The number of nitrogens with zero attached hydrogens (tertiary/aromatic N) is 3. The Kier molecular flexibility index (Phi) is 8.81. The monoisotopic (exact) mass is 511 g/mol. The zero-order valence-electron chi connectivity index (χ0n) is 16.7. The third-order valence-corrected chi connectivity index (χ3v) is 4.82. The lowest BCUT2D eigenvalue weighted by Crippen LogP contribution is -2.48. The van der Waals surface area contributed by atoms with E-state index in [9.17, 15) is 9.18 Å². The predicted molar refractivity (Wildman–Crippen MR) is 123 cm³/mol. The highest BCUT2D eigenvalue weighted by Crippen LogP contribution is 2.21. The average Bonchev–Trinajstić information content (AvgIpc) is 2.70.